The van der Waals surface area contributed by atoms with Crippen LogP contribution in [-0.2, 0) is 11.2 Å². The van der Waals surface area contributed by atoms with Crippen LogP contribution in [0, 0.1) is 0 Å². The first kappa shape index (κ1) is 21.8. The minimum atomic E-state index is -0.423. The van der Waals surface area contributed by atoms with Crippen LogP contribution >= 0.6 is 0 Å². The summed E-state index contributed by atoms with van der Waals surface area (Å²) in [6.07, 6.45) is 10.4. The number of ether oxygens (including phenoxy) is 2. The lowest BCUT2D eigenvalue weighted by atomic mass is 10.0. The van der Waals surface area contributed by atoms with Gasteiger partial charge in [-0.15, -0.1) is 0 Å². The van der Waals surface area contributed by atoms with E-state index in [-0.39, 0.29) is 12.4 Å². The lowest BCUT2D eigenvalue weighted by molar-refractivity contribution is 0.0450. The van der Waals surface area contributed by atoms with E-state index in [2.05, 4.69) is 19.1 Å². The summed E-state index contributed by atoms with van der Waals surface area (Å²) in [7, 11) is 0. The van der Waals surface area contributed by atoms with Crippen molar-refractivity contribution in [2.75, 3.05) is 13.2 Å². The summed E-state index contributed by atoms with van der Waals surface area (Å²) in [5, 5.41) is 9.23. The molecule has 0 heterocycles. The van der Waals surface area contributed by atoms with Crippen molar-refractivity contribution in [1.29, 1.82) is 0 Å². The molecule has 0 aliphatic carbocycles. The predicted octanol–water partition coefficient (Wildman–Crippen LogP) is 5.92. The van der Waals surface area contributed by atoms with Crippen molar-refractivity contribution >= 4 is 5.97 Å². The van der Waals surface area contributed by atoms with Gasteiger partial charge in [0.05, 0.1) is 5.56 Å². The maximum absolute atomic E-state index is 11.9. The fourth-order valence-electron chi connectivity index (χ4n) is 3.01. The third-order valence-corrected chi connectivity index (χ3v) is 4.68. The van der Waals surface area contributed by atoms with Gasteiger partial charge in [0, 0.05) is 0 Å². The van der Waals surface area contributed by atoms with Gasteiger partial charge in [-0.05, 0) is 54.8 Å². The minimum absolute atomic E-state index is 0.121. The molecule has 1 N–H and O–H groups in total. The average Bonchev–Trinajstić information content (AvgIpc) is 2.72. The molecule has 0 unspecified atom stereocenters. The first-order valence-corrected chi connectivity index (χ1v) is 10.4. The van der Waals surface area contributed by atoms with Crippen LogP contribution in [0.25, 0.3) is 0 Å². The molecule has 0 saturated carbocycles. The lowest BCUT2D eigenvalue weighted by Crippen LogP contribution is -2.12. The van der Waals surface area contributed by atoms with Gasteiger partial charge in [0.2, 0.25) is 0 Å². The van der Waals surface area contributed by atoms with Crippen molar-refractivity contribution in [3.8, 4) is 11.5 Å². The summed E-state index contributed by atoms with van der Waals surface area (Å²) in [5.74, 6) is 0.480. The van der Waals surface area contributed by atoms with Crippen molar-refractivity contribution in [2.45, 2.75) is 58.3 Å². The highest BCUT2D eigenvalue weighted by atomic mass is 16.6. The van der Waals surface area contributed by atoms with Gasteiger partial charge in [-0.2, -0.15) is 0 Å². The second kappa shape index (κ2) is 12.8. The highest BCUT2D eigenvalue weighted by Crippen LogP contribution is 2.15. The average molecular weight is 385 g/mol. The van der Waals surface area contributed by atoms with Gasteiger partial charge in [-0.1, -0.05) is 57.6 Å². The number of phenolic OH excluding ortho intramolecular Hbond substituents is 1. The Morgan fingerprint density at radius 1 is 0.821 bits per heavy atom. The molecule has 0 saturated heterocycles. The molecule has 28 heavy (non-hydrogen) atoms. The molecule has 0 amide bonds. The standard InChI is InChI=1S/C24H32O4/c1-2-3-4-5-6-7-8-9-20-10-16-23(17-11-20)27-18-19-28-24(26)21-12-14-22(25)15-13-21/h10-17,25H,2-9,18-19H2,1H3. The molecule has 4 heteroatoms. The highest BCUT2D eigenvalue weighted by molar-refractivity contribution is 5.89. The fraction of sp³-hybridized carbons (Fsp3) is 0.458. The molecule has 2 aromatic rings. The Balaban J connectivity index is 1.58. The molecular formula is C24H32O4. The number of unbranched alkanes of at least 4 members (excludes halogenated alkanes) is 6. The number of aryl methyl sites for hydroxylation is 1. The van der Waals surface area contributed by atoms with Crippen molar-refractivity contribution < 1.29 is 19.4 Å². The number of hydrogen-bond acceptors (Lipinski definition) is 4. The van der Waals surface area contributed by atoms with E-state index in [1.54, 1.807) is 0 Å². The van der Waals surface area contributed by atoms with Crippen LogP contribution in [0.3, 0.4) is 0 Å². The van der Waals surface area contributed by atoms with E-state index in [0.717, 1.165) is 12.2 Å². The molecule has 0 aromatic heterocycles. The topological polar surface area (TPSA) is 55.8 Å². The highest BCUT2D eigenvalue weighted by Gasteiger charge is 2.06. The third-order valence-electron chi connectivity index (χ3n) is 4.68. The number of esters is 1. The van der Waals surface area contributed by atoms with E-state index >= 15 is 0 Å². The molecule has 2 rings (SSSR count). The van der Waals surface area contributed by atoms with Crippen LogP contribution in [0.4, 0.5) is 0 Å². The Morgan fingerprint density at radius 3 is 2.14 bits per heavy atom. The summed E-state index contributed by atoms with van der Waals surface area (Å²) in [5.41, 5.74) is 1.74. The van der Waals surface area contributed by atoms with Gasteiger partial charge in [0.25, 0.3) is 0 Å². The number of carbonyl (C=O) groups is 1. The molecule has 4 nitrogen and oxygen atoms in total. The van der Waals surface area contributed by atoms with Crippen LogP contribution < -0.4 is 4.74 Å². The number of phenols is 1. The molecule has 2 aromatic carbocycles. The summed E-state index contributed by atoms with van der Waals surface area (Å²) in [6, 6.07) is 14.1. The van der Waals surface area contributed by atoms with Crippen molar-refractivity contribution in [2.24, 2.45) is 0 Å². The fourth-order valence-corrected chi connectivity index (χ4v) is 3.01. The maximum Gasteiger partial charge on any atom is 0.338 e. The summed E-state index contributed by atoms with van der Waals surface area (Å²) in [4.78, 5) is 11.9. The summed E-state index contributed by atoms with van der Waals surface area (Å²) < 4.78 is 10.8. The number of aromatic hydroxyl groups is 1. The van der Waals surface area contributed by atoms with Crippen LogP contribution in [0.2, 0.25) is 0 Å². The number of hydrogen-bond donors (Lipinski definition) is 1. The number of benzene rings is 2. The monoisotopic (exact) mass is 384 g/mol. The van der Waals surface area contributed by atoms with Crippen LogP contribution in [0.15, 0.2) is 48.5 Å². The third kappa shape index (κ3) is 8.47. The number of rotatable bonds is 13. The predicted molar refractivity (Wildman–Crippen MR) is 112 cm³/mol. The SMILES string of the molecule is CCCCCCCCCc1ccc(OCCOC(=O)c2ccc(O)cc2)cc1. The molecule has 0 aliphatic heterocycles. The van der Waals surface area contributed by atoms with Crippen molar-refractivity contribution in [3.63, 3.8) is 0 Å². The summed E-state index contributed by atoms with van der Waals surface area (Å²) >= 11 is 0. The van der Waals surface area contributed by atoms with E-state index < -0.39 is 5.97 Å². The Hall–Kier alpha value is -2.49. The van der Waals surface area contributed by atoms with Crippen LogP contribution in [-0.4, -0.2) is 24.3 Å². The molecule has 0 bridgehead atoms. The van der Waals surface area contributed by atoms with Crippen LogP contribution in [0.5, 0.6) is 11.5 Å². The second-order valence-electron chi connectivity index (χ2n) is 7.05. The molecule has 0 atom stereocenters. The Morgan fingerprint density at radius 2 is 1.46 bits per heavy atom. The molecule has 0 fully saturated rings. The molecule has 0 spiro atoms. The van der Waals surface area contributed by atoms with Crippen molar-refractivity contribution in [1.82, 2.24) is 0 Å². The Labute approximate surface area is 168 Å². The van der Waals surface area contributed by atoms with Gasteiger partial charge in [0.15, 0.2) is 0 Å². The Bertz CT molecular complexity index is 677. The zero-order chi connectivity index (χ0) is 20.0. The maximum atomic E-state index is 11.9. The summed E-state index contributed by atoms with van der Waals surface area (Å²) in [6.45, 7) is 2.73. The number of carbonyl (C=O) groups excluding carboxylic acids is 1. The molecular weight excluding hydrogens is 352 g/mol. The minimum Gasteiger partial charge on any atom is -0.508 e. The van der Waals surface area contributed by atoms with E-state index in [0.29, 0.717) is 12.2 Å². The molecule has 152 valence electrons. The van der Waals surface area contributed by atoms with E-state index in [1.165, 1.54) is 74.8 Å². The zero-order valence-corrected chi connectivity index (χ0v) is 16.9. The normalized spacial score (nSPS) is 10.6. The van der Waals surface area contributed by atoms with Gasteiger partial charge in [-0.25, -0.2) is 4.79 Å². The Kier molecular flexibility index (Phi) is 9.98. The lowest BCUT2D eigenvalue weighted by Gasteiger charge is -2.08. The van der Waals surface area contributed by atoms with Crippen LogP contribution in [0.1, 0.15) is 67.8 Å². The van der Waals surface area contributed by atoms with E-state index in [1.807, 2.05) is 12.1 Å². The van der Waals surface area contributed by atoms with E-state index in [9.17, 15) is 9.90 Å². The smallest absolute Gasteiger partial charge is 0.338 e. The first-order chi connectivity index (χ1) is 13.7. The molecule has 0 radical (unpaired) electrons. The largest absolute Gasteiger partial charge is 0.508 e. The van der Waals surface area contributed by atoms with Gasteiger partial charge >= 0.3 is 5.97 Å². The quantitative estimate of drug-likeness (QED) is 0.344. The van der Waals surface area contributed by atoms with E-state index in [4.69, 9.17) is 9.47 Å². The zero-order valence-electron chi connectivity index (χ0n) is 16.9. The first-order valence-electron chi connectivity index (χ1n) is 10.4. The molecule has 0 aliphatic rings. The van der Waals surface area contributed by atoms with Crippen molar-refractivity contribution in [3.05, 3.63) is 59.7 Å². The second-order valence-corrected chi connectivity index (χ2v) is 7.05. The van der Waals surface area contributed by atoms with Gasteiger partial charge in [0.1, 0.15) is 24.7 Å². The van der Waals surface area contributed by atoms with Gasteiger partial charge < -0.3 is 14.6 Å². The van der Waals surface area contributed by atoms with Gasteiger partial charge in [-0.3, -0.25) is 0 Å².